The topological polar surface area (TPSA) is 38.7 Å². The Morgan fingerprint density at radius 1 is 0.833 bits per heavy atom. The van der Waals surface area contributed by atoms with E-state index < -0.39 is 6.10 Å². The molecule has 0 radical (unpaired) electrons. The normalized spacial score (nSPS) is 11.9. The van der Waals surface area contributed by atoms with Crippen LogP contribution in [0.1, 0.15) is 18.6 Å². The maximum Gasteiger partial charge on any atom is 0.127 e. The average Bonchev–Trinajstić information content (AvgIpc) is 2.40. The van der Waals surface area contributed by atoms with Gasteiger partial charge in [0.25, 0.3) is 0 Å². The van der Waals surface area contributed by atoms with Crippen molar-refractivity contribution in [1.82, 2.24) is 0 Å². The molecular weight excluding hydrogens is 228 g/mol. The van der Waals surface area contributed by atoms with Crippen LogP contribution in [0.25, 0.3) is 0 Å². The van der Waals surface area contributed by atoms with Crippen molar-refractivity contribution in [3.8, 4) is 17.2 Å². The summed E-state index contributed by atoms with van der Waals surface area (Å²) in [5, 5.41) is 9.41. The van der Waals surface area contributed by atoms with Gasteiger partial charge in [-0.15, -0.1) is 0 Å². The van der Waals surface area contributed by atoms with Crippen molar-refractivity contribution in [2.75, 3.05) is 7.11 Å². The molecule has 0 aliphatic rings. The van der Waals surface area contributed by atoms with E-state index in [1.165, 1.54) is 0 Å². The van der Waals surface area contributed by atoms with Crippen LogP contribution in [0.15, 0.2) is 48.5 Å². The van der Waals surface area contributed by atoms with E-state index in [9.17, 15) is 5.11 Å². The first kappa shape index (κ1) is 12.5. The Morgan fingerprint density at radius 2 is 1.28 bits per heavy atom. The largest absolute Gasteiger partial charge is 0.497 e. The lowest BCUT2D eigenvalue weighted by molar-refractivity contribution is 0.199. The second-order valence-corrected chi connectivity index (χ2v) is 4.02. The zero-order chi connectivity index (χ0) is 13.0. The summed E-state index contributed by atoms with van der Waals surface area (Å²) < 4.78 is 10.8. The highest BCUT2D eigenvalue weighted by atomic mass is 16.5. The molecule has 1 atom stereocenters. The Labute approximate surface area is 107 Å². The van der Waals surface area contributed by atoms with Gasteiger partial charge in [-0.1, -0.05) is 12.1 Å². The van der Waals surface area contributed by atoms with Gasteiger partial charge in [-0.3, -0.25) is 0 Å². The molecule has 18 heavy (non-hydrogen) atoms. The fourth-order valence-corrected chi connectivity index (χ4v) is 1.59. The number of hydrogen-bond acceptors (Lipinski definition) is 3. The van der Waals surface area contributed by atoms with E-state index in [0.717, 1.165) is 22.8 Å². The average molecular weight is 244 g/mol. The molecule has 2 rings (SSSR count). The van der Waals surface area contributed by atoms with E-state index in [2.05, 4.69) is 0 Å². The van der Waals surface area contributed by atoms with Gasteiger partial charge in [0.15, 0.2) is 0 Å². The van der Waals surface area contributed by atoms with Crippen LogP contribution in [0.3, 0.4) is 0 Å². The first-order valence-corrected chi connectivity index (χ1v) is 5.79. The molecule has 1 N–H and O–H groups in total. The van der Waals surface area contributed by atoms with Crippen LogP contribution in [-0.2, 0) is 0 Å². The first-order chi connectivity index (χ1) is 8.69. The van der Waals surface area contributed by atoms with E-state index in [-0.39, 0.29) is 0 Å². The number of rotatable bonds is 4. The van der Waals surface area contributed by atoms with Gasteiger partial charge in [-0.05, 0) is 48.9 Å². The number of aliphatic hydroxyl groups is 1. The molecule has 0 saturated carbocycles. The van der Waals surface area contributed by atoms with Gasteiger partial charge in [0.2, 0.25) is 0 Å². The van der Waals surface area contributed by atoms with Crippen molar-refractivity contribution in [1.29, 1.82) is 0 Å². The Hall–Kier alpha value is -2.00. The van der Waals surface area contributed by atoms with Crippen LogP contribution in [-0.4, -0.2) is 12.2 Å². The lowest BCUT2D eigenvalue weighted by Crippen LogP contribution is -1.91. The smallest absolute Gasteiger partial charge is 0.127 e. The lowest BCUT2D eigenvalue weighted by atomic mass is 10.1. The fourth-order valence-electron chi connectivity index (χ4n) is 1.59. The monoisotopic (exact) mass is 244 g/mol. The third-order valence-electron chi connectivity index (χ3n) is 2.66. The molecule has 3 heteroatoms. The van der Waals surface area contributed by atoms with Crippen LogP contribution in [0, 0.1) is 0 Å². The molecule has 0 bridgehead atoms. The standard InChI is InChI=1S/C15H16O3/c1-11(16)12-3-5-14(6-4-12)18-15-9-7-13(17-2)8-10-15/h3-11,16H,1-2H3. The summed E-state index contributed by atoms with van der Waals surface area (Å²) >= 11 is 0. The number of ether oxygens (including phenoxy) is 2. The van der Waals surface area contributed by atoms with Gasteiger partial charge >= 0.3 is 0 Å². The van der Waals surface area contributed by atoms with Crippen LogP contribution < -0.4 is 9.47 Å². The van der Waals surface area contributed by atoms with Gasteiger partial charge in [-0.25, -0.2) is 0 Å². The van der Waals surface area contributed by atoms with Gasteiger partial charge in [0.1, 0.15) is 17.2 Å². The minimum atomic E-state index is -0.458. The van der Waals surface area contributed by atoms with Crippen molar-refractivity contribution in [2.24, 2.45) is 0 Å². The van der Waals surface area contributed by atoms with Crippen molar-refractivity contribution < 1.29 is 14.6 Å². The number of methoxy groups -OCH3 is 1. The molecule has 0 aliphatic heterocycles. The molecule has 94 valence electrons. The van der Waals surface area contributed by atoms with Crippen LogP contribution in [0.5, 0.6) is 17.2 Å². The maximum atomic E-state index is 9.41. The van der Waals surface area contributed by atoms with E-state index >= 15 is 0 Å². The molecule has 0 fully saturated rings. The number of hydrogen-bond donors (Lipinski definition) is 1. The van der Waals surface area contributed by atoms with E-state index in [1.807, 2.05) is 48.5 Å². The van der Waals surface area contributed by atoms with Crippen molar-refractivity contribution in [3.63, 3.8) is 0 Å². The minimum Gasteiger partial charge on any atom is -0.497 e. The molecule has 0 heterocycles. The summed E-state index contributed by atoms with van der Waals surface area (Å²) in [6, 6.07) is 14.8. The third kappa shape index (κ3) is 3.02. The SMILES string of the molecule is COc1ccc(Oc2ccc(C(C)O)cc2)cc1. The Balaban J connectivity index is 2.08. The van der Waals surface area contributed by atoms with E-state index in [4.69, 9.17) is 9.47 Å². The molecular formula is C15H16O3. The van der Waals surface area contributed by atoms with Gasteiger partial charge in [0.05, 0.1) is 13.2 Å². The summed E-state index contributed by atoms with van der Waals surface area (Å²) in [6.45, 7) is 1.74. The Kier molecular flexibility index (Phi) is 3.85. The van der Waals surface area contributed by atoms with E-state index in [0.29, 0.717) is 0 Å². The van der Waals surface area contributed by atoms with Gasteiger partial charge < -0.3 is 14.6 Å². The predicted molar refractivity (Wildman–Crippen MR) is 70.1 cm³/mol. The summed E-state index contributed by atoms with van der Waals surface area (Å²) in [4.78, 5) is 0. The van der Waals surface area contributed by atoms with Crippen molar-refractivity contribution in [3.05, 3.63) is 54.1 Å². The van der Waals surface area contributed by atoms with Crippen molar-refractivity contribution in [2.45, 2.75) is 13.0 Å². The van der Waals surface area contributed by atoms with Crippen LogP contribution in [0.4, 0.5) is 0 Å². The molecule has 2 aromatic carbocycles. The maximum absolute atomic E-state index is 9.41. The zero-order valence-electron chi connectivity index (χ0n) is 10.5. The highest BCUT2D eigenvalue weighted by Gasteiger charge is 2.02. The summed E-state index contributed by atoms with van der Waals surface area (Å²) in [5.41, 5.74) is 0.872. The highest BCUT2D eigenvalue weighted by Crippen LogP contribution is 2.25. The predicted octanol–water partition coefficient (Wildman–Crippen LogP) is 3.54. The second-order valence-electron chi connectivity index (χ2n) is 4.02. The molecule has 0 aliphatic carbocycles. The molecule has 3 nitrogen and oxygen atoms in total. The zero-order valence-corrected chi connectivity index (χ0v) is 10.5. The first-order valence-electron chi connectivity index (χ1n) is 5.79. The minimum absolute atomic E-state index is 0.458. The molecule has 1 unspecified atom stereocenters. The summed E-state index contributed by atoms with van der Waals surface area (Å²) in [7, 11) is 1.63. The molecule has 2 aromatic rings. The number of benzene rings is 2. The van der Waals surface area contributed by atoms with Gasteiger partial charge in [0, 0.05) is 0 Å². The summed E-state index contributed by atoms with van der Waals surface area (Å²) in [6.07, 6.45) is -0.458. The third-order valence-corrected chi connectivity index (χ3v) is 2.66. The highest BCUT2D eigenvalue weighted by molar-refractivity contribution is 5.36. The molecule has 0 saturated heterocycles. The summed E-state index contributed by atoms with van der Waals surface area (Å²) in [5.74, 6) is 2.29. The fraction of sp³-hybridized carbons (Fsp3) is 0.200. The molecule has 0 aromatic heterocycles. The lowest BCUT2D eigenvalue weighted by Gasteiger charge is -2.08. The number of aliphatic hydroxyl groups excluding tert-OH is 1. The van der Waals surface area contributed by atoms with Crippen molar-refractivity contribution >= 4 is 0 Å². The van der Waals surface area contributed by atoms with Gasteiger partial charge in [-0.2, -0.15) is 0 Å². The molecule has 0 spiro atoms. The van der Waals surface area contributed by atoms with Crippen LogP contribution in [0.2, 0.25) is 0 Å². The molecule has 0 amide bonds. The Morgan fingerprint density at radius 3 is 1.72 bits per heavy atom. The van der Waals surface area contributed by atoms with E-state index in [1.54, 1.807) is 14.0 Å². The Bertz CT molecular complexity index is 486. The van der Waals surface area contributed by atoms with Crippen LogP contribution >= 0.6 is 0 Å². The second kappa shape index (κ2) is 5.56. The quantitative estimate of drug-likeness (QED) is 0.894.